The lowest BCUT2D eigenvalue weighted by molar-refractivity contribution is -0.138. The van der Waals surface area contributed by atoms with E-state index in [4.69, 9.17) is 0 Å². The molecule has 5 nitrogen and oxygen atoms in total. The molecule has 1 aromatic carbocycles. The van der Waals surface area contributed by atoms with E-state index in [9.17, 15) is 27.2 Å². The quantitative estimate of drug-likeness (QED) is 0.620. The van der Waals surface area contributed by atoms with Crippen molar-refractivity contribution in [2.75, 3.05) is 0 Å². The van der Waals surface area contributed by atoms with Gasteiger partial charge in [0.25, 0.3) is 11.5 Å². The summed E-state index contributed by atoms with van der Waals surface area (Å²) in [6.07, 6.45) is -2.44. The van der Waals surface area contributed by atoms with Gasteiger partial charge in [-0.1, -0.05) is 18.2 Å². The first-order valence-corrected chi connectivity index (χ1v) is 8.84. The Bertz CT molecular complexity index is 1130. The van der Waals surface area contributed by atoms with Gasteiger partial charge in [0.05, 0.1) is 12.1 Å². The van der Waals surface area contributed by atoms with Crippen LogP contribution in [0.25, 0.3) is 0 Å². The Labute approximate surface area is 159 Å². The van der Waals surface area contributed by atoms with Crippen molar-refractivity contribution in [1.29, 1.82) is 0 Å². The van der Waals surface area contributed by atoms with Crippen molar-refractivity contribution < 1.29 is 22.4 Å². The number of hydrogen-bond donors (Lipinski definition) is 0. The monoisotopic (exact) mass is 411 g/mol. The number of amides is 1. The van der Waals surface area contributed by atoms with Crippen molar-refractivity contribution >= 4 is 17.2 Å². The topological polar surface area (TPSA) is 56.4 Å². The van der Waals surface area contributed by atoms with Crippen LogP contribution in [0, 0.1) is 5.82 Å². The van der Waals surface area contributed by atoms with Gasteiger partial charge in [-0.15, -0.1) is 11.3 Å². The van der Waals surface area contributed by atoms with E-state index in [-0.39, 0.29) is 11.3 Å². The first kappa shape index (κ1) is 19.7. The van der Waals surface area contributed by atoms with Gasteiger partial charge in [-0.3, -0.25) is 9.59 Å². The first-order valence-electron chi connectivity index (χ1n) is 7.96. The van der Waals surface area contributed by atoms with Gasteiger partial charge < -0.3 is 9.13 Å². The first-order chi connectivity index (χ1) is 13.2. The van der Waals surface area contributed by atoms with Crippen molar-refractivity contribution in [2.45, 2.75) is 19.3 Å². The van der Waals surface area contributed by atoms with Crippen LogP contribution in [0.15, 0.2) is 64.0 Å². The zero-order chi connectivity index (χ0) is 20.3. The summed E-state index contributed by atoms with van der Waals surface area (Å²) in [5, 5.41) is 1.64. The summed E-state index contributed by atoms with van der Waals surface area (Å²) in [6, 6.07) is 7.53. The van der Waals surface area contributed by atoms with Crippen LogP contribution in [0.5, 0.6) is 0 Å². The average Bonchev–Trinajstić information content (AvgIpc) is 3.04. The van der Waals surface area contributed by atoms with Crippen LogP contribution in [-0.2, 0) is 24.1 Å². The molecule has 0 spiro atoms. The summed E-state index contributed by atoms with van der Waals surface area (Å²) in [6.45, 7) is -0.508. The minimum absolute atomic E-state index is 0.131. The molecule has 2 aromatic heterocycles. The Morgan fingerprint density at radius 2 is 1.86 bits per heavy atom. The molecule has 0 N–H and O–H groups in total. The van der Waals surface area contributed by atoms with Crippen molar-refractivity contribution in [3.63, 3.8) is 0 Å². The van der Waals surface area contributed by atoms with Gasteiger partial charge in [-0.25, -0.2) is 4.39 Å². The van der Waals surface area contributed by atoms with Crippen LogP contribution in [0.3, 0.4) is 0 Å². The third kappa shape index (κ3) is 4.63. The lowest BCUT2D eigenvalue weighted by Crippen LogP contribution is -2.26. The van der Waals surface area contributed by atoms with E-state index in [2.05, 4.69) is 4.99 Å². The standard InChI is InChI=1S/C18H13F4N3O2S/c19-14-4-2-1-3-12(14)9-24-7-8-28-17(24)23-15(26)11-25-10-13(18(20,21)22)5-6-16(25)27/h1-8,10H,9,11H2. The zero-order valence-corrected chi connectivity index (χ0v) is 15.0. The van der Waals surface area contributed by atoms with Gasteiger partial charge >= 0.3 is 6.18 Å². The van der Waals surface area contributed by atoms with E-state index in [1.807, 2.05) is 0 Å². The predicted molar refractivity (Wildman–Crippen MR) is 94.1 cm³/mol. The number of benzene rings is 1. The highest BCUT2D eigenvalue weighted by Gasteiger charge is 2.31. The molecule has 0 saturated heterocycles. The SMILES string of the molecule is O=C(Cn1cc(C(F)(F)F)ccc1=O)N=c1sccn1Cc1ccccc1F. The third-order valence-corrected chi connectivity index (χ3v) is 4.59. The lowest BCUT2D eigenvalue weighted by atomic mass is 10.2. The molecule has 2 heterocycles. The Hall–Kier alpha value is -3.01. The van der Waals surface area contributed by atoms with Crippen LogP contribution in [0.4, 0.5) is 17.6 Å². The Morgan fingerprint density at radius 1 is 1.11 bits per heavy atom. The molecule has 0 radical (unpaired) electrons. The van der Waals surface area contributed by atoms with Gasteiger partial charge in [0.1, 0.15) is 12.4 Å². The molecule has 0 unspecified atom stereocenters. The van der Waals surface area contributed by atoms with E-state index in [0.717, 1.165) is 17.4 Å². The number of halogens is 4. The Morgan fingerprint density at radius 3 is 2.57 bits per heavy atom. The normalized spacial score (nSPS) is 12.4. The molecule has 10 heteroatoms. The molecular weight excluding hydrogens is 398 g/mol. The maximum Gasteiger partial charge on any atom is 0.417 e. The number of alkyl halides is 3. The average molecular weight is 411 g/mol. The molecule has 0 bridgehead atoms. The summed E-state index contributed by atoms with van der Waals surface area (Å²) in [5.41, 5.74) is -1.39. The molecule has 0 aliphatic carbocycles. The van der Waals surface area contributed by atoms with E-state index < -0.39 is 35.6 Å². The number of thiazole rings is 1. The van der Waals surface area contributed by atoms with E-state index in [0.29, 0.717) is 22.4 Å². The second-order valence-corrected chi connectivity index (χ2v) is 6.67. The van der Waals surface area contributed by atoms with Gasteiger partial charge in [0.15, 0.2) is 4.80 Å². The Kier molecular flexibility index (Phi) is 5.59. The van der Waals surface area contributed by atoms with Gasteiger partial charge in [-0.05, 0) is 12.1 Å². The molecule has 3 rings (SSSR count). The molecule has 0 saturated carbocycles. The molecule has 1 amide bonds. The molecule has 0 aliphatic rings. The van der Waals surface area contributed by atoms with Crippen molar-refractivity contribution in [2.24, 2.45) is 4.99 Å². The second-order valence-electron chi connectivity index (χ2n) is 5.79. The van der Waals surface area contributed by atoms with E-state index in [1.54, 1.807) is 29.8 Å². The fourth-order valence-electron chi connectivity index (χ4n) is 2.43. The third-order valence-electron chi connectivity index (χ3n) is 3.80. The van der Waals surface area contributed by atoms with Gasteiger partial charge in [0.2, 0.25) is 0 Å². The molecule has 3 aromatic rings. The lowest BCUT2D eigenvalue weighted by Gasteiger charge is -2.09. The van der Waals surface area contributed by atoms with Gasteiger partial charge in [-0.2, -0.15) is 18.2 Å². The van der Waals surface area contributed by atoms with Crippen LogP contribution in [0.2, 0.25) is 0 Å². The smallest absolute Gasteiger partial charge is 0.319 e. The van der Waals surface area contributed by atoms with Gasteiger partial charge in [0, 0.05) is 29.4 Å². The molecule has 28 heavy (non-hydrogen) atoms. The summed E-state index contributed by atoms with van der Waals surface area (Å²) >= 11 is 1.11. The number of carbonyl (C=O) groups is 1. The maximum absolute atomic E-state index is 13.8. The summed E-state index contributed by atoms with van der Waals surface area (Å²) < 4.78 is 54.3. The Balaban J connectivity index is 1.84. The number of rotatable bonds is 4. The molecule has 0 fully saturated rings. The minimum Gasteiger partial charge on any atom is -0.319 e. The molecule has 0 aliphatic heterocycles. The number of aromatic nitrogens is 2. The summed E-state index contributed by atoms with van der Waals surface area (Å²) in [7, 11) is 0. The molecular formula is C18H13F4N3O2S. The van der Waals surface area contributed by atoms with E-state index in [1.165, 1.54) is 10.6 Å². The predicted octanol–water partition coefficient (Wildman–Crippen LogP) is 3.05. The fraction of sp³-hybridized carbons (Fsp3) is 0.167. The largest absolute Gasteiger partial charge is 0.417 e. The second kappa shape index (κ2) is 7.93. The van der Waals surface area contributed by atoms with E-state index >= 15 is 0 Å². The van der Waals surface area contributed by atoms with Crippen molar-refractivity contribution in [1.82, 2.24) is 9.13 Å². The molecule has 146 valence electrons. The molecule has 0 atom stereocenters. The van der Waals surface area contributed by atoms with Crippen molar-refractivity contribution in [3.05, 3.63) is 86.3 Å². The minimum atomic E-state index is -4.63. The summed E-state index contributed by atoms with van der Waals surface area (Å²) in [5.74, 6) is -1.21. The number of hydrogen-bond acceptors (Lipinski definition) is 3. The fourth-order valence-corrected chi connectivity index (χ4v) is 3.17. The number of pyridine rings is 1. The maximum atomic E-state index is 13.8. The van der Waals surface area contributed by atoms with Crippen LogP contribution in [-0.4, -0.2) is 15.0 Å². The highest BCUT2D eigenvalue weighted by molar-refractivity contribution is 7.07. The highest BCUT2D eigenvalue weighted by Crippen LogP contribution is 2.27. The zero-order valence-electron chi connectivity index (χ0n) is 14.2. The van der Waals surface area contributed by atoms with Crippen LogP contribution < -0.4 is 10.4 Å². The van der Waals surface area contributed by atoms with Crippen LogP contribution in [0.1, 0.15) is 11.1 Å². The van der Waals surface area contributed by atoms with Crippen LogP contribution >= 0.6 is 11.3 Å². The van der Waals surface area contributed by atoms with Crippen molar-refractivity contribution in [3.8, 4) is 0 Å². The number of carbonyl (C=O) groups excluding carboxylic acids is 1. The highest BCUT2D eigenvalue weighted by atomic mass is 32.1. The number of nitrogens with zero attached hydrogens (tertiary/aromatic N) is 3. The summed E-state index contributed by atoms with van der Waals surface area (Å²) in [4.78, 5) is 28.0.